The normalized spacial score (nSPS) is 15.9. The predicted molar refractivity (Wildman–Crippen MR) is 98.3 cm³/mol. The maximum atomic E-state index is 12.4. The van der Waals surface area contributed by atoms with Gasteiger partial charge in [-0.1, -0.05) is 23.9 Å². The molecular weight excluding hydrogens is 322 g/mol. The SMILES string of the molecule is Cc1ccc(C)c(OCCN(C)C(=O)CC2=CSC3=NCCN23)c1. The molecule has 3 rings (SSSR count). The van der Waals surface area contributed by atoms with Gasteiger partial charge in [-0.2, -0.15) is 0 Å². The van der Waals surface area contributed by atoms with Crippen LogP contribution in [0, 0.1) is 13.8 Å². The molecule has 24 heavy (non-hydrogen) atoms. The maximum Gasteiger partial charge on any atom is 0.228 e. The number of thioether (sulfide) groups is 1. The van der Waals surface area contributed by atoms with E-state index in [1.54, 1.807) is 16.7 Å². The first kappa shape index (κ1) is 16.9. The highest BCUT2D eigenvalue weighted by Crippen LogP contribution is 2.31. The first-order chi connectivity index (χ1) is 11.5. The van der Waals surface area contributed by atoms with E-state index in [9.17, 15) is 4.79 Å². The van der Waals surface area contributed by atoms with Crippen LogP contribution in [0.4, 0.5) is 0 Å². The number of aliphatic imine (C=N–C) groups is 1. The van der Waals surface area contributed by atoms with Gasteiger partial charge in [0.25, 0.3) is 0 Å². The molecule has 0 aliphatic carbocycles. The van der Waals surface area contributed by atoms with Gasteiger partial charge in [0.05, 0.1) is 19.5 Å². The quantitative estimate of drug-likeness (QED) is 0.795. The molecule has 0 atom stereocenters. The molecule has 0 spiro atoms. The number of amidine groups is 1. The van der Waals surface area contributed by atoms with E-state index >= 15 is 0 Å². The lowest BCUT2D eigenvalue weighted by atomic mass is 10.1. The van der Waals surface area contributed by atoms with E-state index in [1.165, 1.54) is 5.56 Å². The number of carbonyl (C=O) groups excluding carboxylic acids is 1. The van der Waals surface area contributed by atoms with Crippen LogP contribution in [0.15, 0.2) is 34.3 Å². The molecule has 0 fully saturated rings. The number of rotatable bonds is 6. The summed E-state index contributed by atoms with van der Waals surface area (Å²) in [5.74, 6) is 1.00. The van der Waals surface area contributed by atoms with Crippen LogP contribution in [0.5, 0.6) is 5.75 Å². The minimum Gasteiger partial charge on any atom is -0.491 e. The number of carbonyl (C=O) groups is 1. The molecule has 0 radical (unpaired) electrons. The number of likely N-dealkylation sites (N-methyl/N-ethyl adjacent to an activating group) is 1. The van der Waals surface area contributed by atoms with Crippen molar-refractivity contribution in [2.45, 2.75) is 20.3 Å². The Kier molecular flexibility index (Phi) is 5.14. The zero-order valence-corrected chi connectivity index (χ0v) is 15.2. The molecule has 0 aromatic heterocycles. The molecule has 0 N–H and O–H groups in total. The third kappa shape index (κ3) is 3.75. The number of hydrogen-bond acceptors (Lipinski definition) is 5. The van der Waals surface area contributed by atoms with E-state index in [0.717, 1.165) is 35.3 Å². The van der Waals surface area contributed by atoms with Crippen molar-refractivity contribution < 1.29 is 9.53 Å². The van der Waals surface area contributed by atoms with Crippen molar-refractivity contribution >= 4 is 22.8 Å². The first-order valence-electron chi connectivity index (χ1n) is 8.16. The van der Waals surface area contributed by atoms with Gasteiger partial charge in [0, 0.05) is 19.3 Å². The molecule has 5 nitrogen and oxygen atoms in total. The highest BCUT2D eigenvalue weighted by atomic mass is 32.2. The second kappa shape index (κ2) is 7.30. The summed E-state index contributed by atoms with van der Waals surface area (Å²) in [4.78, 5) is 20.7. The Morgan fingerprint density at radius 2 is 2.25 bits per heavy atom. The first-order valence-corrected chi connectivity index (χ1v) is 9.04. The van der Waals surface area contributed by atoms with E-state index in [-0.39, 0.29) is 5.91 Å². The molecule has 2 aliphatic heterocycles. The van der Waals surface area contributed by atoms with Gasteiger partial charge < -0.3 is 14.5 Å². The van der Waals surface area contributed by atoms with Crippen molar-refractivity contribution in [1.82, 2.24) is 9.80 Å². The lowest BCUT2D eigenvalue weighted by molar-refractivity contribution is -0.129. The minimum atomic E-state index is 0.111. The van der Waals surface area contributed by atoms with Gasteiger partial charge in [-0.15, -0.1) is 0 Å². The number of aryl methyl sites for hydroxylation is 2. The fourth-order valence-corrected chi connectivity index (χ4v) is 3.64. The Bertz CT molecular complexity index is 700. The molecule has 6 heteroatoms. The summed E-state index contributed by atoms with van der Waals surface area (Å²) in [6.45, 7) is 6.87. The van der Waals surface area contributed by atoms with Crippen molar-refractivity contribution in [1.29, 1.82) is 0 Å². The summed E-state index contributed by atoms with van der Waals surface area (Å²) < 4.78 is 5.84. The lowest BCUT2D eigenvalue weighted by Crippen LogP contribution is -2.33. The Balaban J connectivity index is 1.46. The van der Waals surface area contributed by atoms with Gasteiger partial charge >= 0.3 is 0 Å². The van der Waals surface area contributed by atoms with Crippen molar-refractivity contribution in [3.8, 4) is 5.75 Å². The third-order valence-electron chi connectivity index (χ3n) is 4.23. The number of amides is 1. The van der Waals surface area contributed by atoms with Gasteiger partial charge in [-0.3, -0.25) is 9.79 Å². The van der Waals surface area contributed by atoms with E-state index in [0.29, 0.717) is 19.6 Å². The number of nitrogens with zero attached hydrogens (tertiary/aromatic N) is 3. The molecule has 2 heterocycles. The highest BCUT2D eigenvalue weighted by Gasteiger charge is 2.28. The second-order valence-corrected chi connectivity index (χ2v) is 6.99. The highest BCUT2D eigenvalue weighted by molar-refractivity contribution is 8.16. The molecule has 2 aliphatic rings. The topological polar surface area (TPSA) is 45.1 Å². The molecule has 1 amide bonds. The number of hydrogen-bond donors (Lipinski definition) is 0. The van der Waals surface area contributed by atoms with Gasteiger partial charge in [-0.05, 0) is 36.4 Å². The second-order valence-electron chi connectivity index (χ2n) is 6.15. The van der Waals surface area contributed by atoms with Crippen LogP contribution in [-0.4, -0.2) is 54.2 Å². The van der Waals surface area contributed by atoms with Gasteiger partial charge in [0.15, 0.2) is 5.17 Å². The summed E-state index contributed by atoms with van der Waals surface area (Å²) in [6, 6.07) is 6.16. The zero-order valence-electron chi connectivity index (χ0n) is 14.4. The van der Waals surface area contributed by atoms with E-state index in [4.69, 9.17) is 4.74 Å². The molecule has 128 valence electrons. The minimum absolute atomic E-state index is 0.111. The third-order valence-corrected chi connectivity index (χ3v) is 5.18. The molecule has 0 unspecified atom stereocenters. The Labute approximate surface area is 147 Å². The molecule has 0 bridgehead atoms. The fourth-order valence-electron chi connectivity index (χ4n) is 2.69. The standard InChI is InChI=1S/C18H23N3O2S/c1-13-4-5-14(2)16(10-13)23-9-8-20(3)17(22)11-15-12-24-18-19-6-7-21(15)18/h4-5,10,12H,6-9,11H2,1-3H3. The summed E-state index contributed by atoms with van der Waals surface area (Å²) in [5, 5.41) is 3.06. The number of benzene rings is 1. The summed E-state index contributed by atoms with van der Waals surface area (Å²) in [6.07, 6.45) is 0.423. The van der Waals surface area contributed by atoms with Gasteiger partial charge in [-0.25, -0.2) is 0 Å². The van der Waals surface area contributed by atoms with Crippen LogP contribution in [0.1, 0.15) is 17.5 Å². The Morgan fingerprint density at radius 1 is 1.42 bits per heavy atom. The maximum absolute atomic E-state index is 12.4. The molecule has 1 aromatic carbocycles. The molecular formula is C18H23N3O2S. The summed E-state index contributed by atoms with van der Waals surface area (Å²) in [5.41, 5.74) is 3.35. The molecule has 1 aromatic rings. The van der Waals surface area contributed by atoms with Crippen LogP contribution in [0.3, 0.4) is 0 Å². The van der Waals surface area contributed by atoms with E-state index < -0.39 is 0 Å². The predicted octanol–water partition coefficient (Wildman–Crippen LogP) is 2.79. The van der Waals surface area contributed by atoms with E-state index in [2.05, 4.69) is 22.0 Å². The smallest absolute Gasteiger partial charge is 0.228 e. The van der Waals surface area contributed by atoms with Crippen LogP contribution >= 0.6 is 11.8 Å². The zero-order chi connectivity index (χ0) is 17.1. The lowest BCUT2D eigenvalue weighted by Gasteiger charge is -2.21. The number of fused-ring (bicyclic) bond motifs is 1. The monoisotopic (exact) mass is 345 g/mol. The van der Waals surface area contributed by atoms with Crippen LogP contribution < -0.4 is 4.74 Å². The van der Waals surface area contributed by atoms with Crippen molar-refractivity contribution in [3.63, 3.8) is 0 Å². The van der Waals surface area contributed by atoms with Crippen molar-refractivity contribution in [3.05, 3.63) is 40.4 Å². The van der Waals surface area contributed by atoms with Crippen LogP contribution in [0.25, 0.3) is 0 Å². The van der Waals surface area contributed by atoms with Gasteiger partial charge in [0.1, 0.15) is 12.4 Å². The fraction of sp³-hybridized carbons (Fsp3) is 0.444. The largest absolute Gasteiger partial charge is 0.491 e. The summed E-state index contributed by atoms with van der Waals surface area (Å²) >= 11 is 1.61. The Hall–Kier alpha value is -1.95. The van der Waals surface area contributed by atoms with Crippen LogP contribution in [0.2, 0.25) is 0 Å². The number of ether oxygens (including phenoxy) is 1. The Morgan fingerprint density at radius 3 is 3.08 bits per heavy atom. The van der Waals surface area contributed by atoms with Gasteiger partial charge in [0.2, 0.25) is 5.91 Å². The average Bonchev–Trinajstić information content (AvgIpc) is 3.15. The van der Waals surface area contributed by atoms with Crippen molar-refractivity contribution in [2.75, 3.05) is 33.3 Å². The molecule has 0 saturated carbocycles. The molecule has 0 saturated heterocycles. The van der Waals surface area contributed by atoms with Crippen LogP contribution in [-0.2, 0) is 4.79 Å². The van der Waals surface area contributed by atoms with Crippen molar-refractivity contribution in [2.24, 2.45) is 4.99 Å². The average molecular weight is 345 g/mol. The van der Waals surface area contributed by atoms with E-state index in [1.807, 2.05) is 32.4 Å². The summed E-state index contributed by atoms with van der Waals surface area (Å²) in [7, 11) is 1.83.